The molecule has 2 N–H and O–H groups in total. The maximum absolute atomic E-state index is 12.5. The van der Waals surface area contributed by atoms with Gasteiger partial charge in [-0.25, -0.2) is 9.78 Å². The van der Waals surface area contributed by atoms with Crippen LogP contribution in [-0.4, -0.2) is 52.4 Å². The molecule has 1 fully saturated rings. The third kappa shape index (κ3) is 4.53. The van der Waals surface area contributed by atoms with Crippen molar-refractivity contribution in [3.05, 3.63) is 29.6 Å². The van der Waals surface area contributed by atoms with Gasteiger partial charge in [-0.3, -0.25) is 9.59 Å². The van der Waals surface area contributed by atoms with Crippen LogP contribution in [0, 0.1) is 5.92 Å². The summed E-state index contributed by atoms with van der Waals surface area (Å²) >= 11 is 0. The predicted octanol–water partition coefficient (Wildman–Crippen LogP) is 1.55. The highest BCUT2D eigenvalue weighted by Gasteiger charge is 2.29. The Labute approximate surface area is 141 Å². The van der Waals surface area contributed by atoms with E-state index in [2.05, 4.69) is 17.2 Å². The molecule has 0 saturated carbocycles. The SMILES string of the molecule is CCCCNC(=O)C1CCCN(C(=O)c2cccc(C(=O)O)n2)C1. The summed E-state index contributed by atoms with van der Waals surface area (Å²) in [6, 6.07) is 4.35. The van der Waals surface area contributed by atoms with E-state index in [1.165, 1.54) is 18.2 Å². The number of amides is 2. The quantitative estimate of drug-likeness (QED) is 0.769. The first-order valence-electron chi connectivity index (χ1n) is 8.30. The van der Waals surface area contributed by atoms with Crippen molar-refractivity contribution in [2.24, 2.45) is 5.92 Å². The lowest BCUT2D eigenvalue weighted by Crippen LogP contribution is -2.45. The zero-order valence-corrected chi connectivity index (χ0v) is 13.8. The average Bonchev–Trinajstić information content (AvgIpc) is 2.61. The lowest BCUT2D eigenvalue weighted by molar-refractivity contribution is -0.126. The number of hydrogen-bond acceptors (Lipinski definition) is 4. The van der Waals surface area contributed by atoms with Crippen molar-refractivity contribution in [3.63, 3.8) is 0 Å². The summed E-state index contributed by atoms with van der Waals surface area (Å²) in [5.41, 5.74) is -0.0614. The third-order valence-electron chi connectivity index (χ3n) is 4.10. The summed E-state index contributed by atoms with van der Waals surface area (Å²) in [6.07, 6.45) is 3.45. The zero-order valence-electron chi connectivity index (χ0n) is 13.8. The maximum atomic E-state index is 12.5. The molecule has 1 aromatic heterocycles. The number of aromatic carboxylic acids is 1. The van der Waals surface area contributed by atoms with Crippen LogP contribution in [0.25, 0.3) is 0 Å². The molecule has 130 valence electrons. The molecule has 2 rings (SSSR count). The zero-order chi connectivity index (χ0) is 17.5. The number of carboxylic acids is 1. The van der Waals surface area contributed by atoms with Crippen LogP contribution in [0.1, 0.15) is 53.6 Å². The van der Waals surface area contributed by atoms with Crippen molar-refractivity contribution in [1.29, 1.82) is 0 Å². The fraction of sp³-hybridized carbons (Fsp3) is 0.529. The molecule has 1 aliphatic heterocycles. The number of likely N-dealkylation sites (tertiary alicyclic amines) is 1. The second kappa shape index (κ2) is 8.42. The van der Waals surface area contributed by atoms with Gasteiger partial charge >= 0.3 is 5.97 Å². The molecule has 0 aliphatic carbocycles. The van der Waals surface area contributed by atoms with E-state index in [-0.39, 0.29) is 29.1 Å². The Kier molecular flexibility index (Phi) is 6.28. The first kappa shape index (κ1) is 17.9. The van der Waals surface area contributed by atoms with Gasteiger partial charge in [-0.1, -0.05) is 19.4 Å². The van der Waals surface area contributed by atoms with Crippen LogP contribution in [0.3, 0.4) is 0 Å². The highest BCUT2D eigenvalue weighted by atomic mass is 16.4. The molecule has 1 atom stereocenters. The lowest BCUT2D eigenvalue weighted by Gasteiger charge is -2.31. The fourth-order valence-corrected chi connectivity index (χ4v) is 2.74. The van der Waals surface area contributed by atoms with Gasteiger partial charge in [0.15, 0.2) is 0 Å². The number of unbranched alkanes of at least 4 members (excludes halogenated alkanes) is 1. The normalized spacial score (nSPS) is 17.4. The van der Waals surface area contributed by atoms with E-state index < -0.39 is 5.97 Å². The number of nitrogens with one attached hydrogen (secondary N) is 1. The minimum Gasteiger partial charge on any atom is -0.477 e. The molecule has 24 heavy (non-hydrogen) atoms. The van der Waals surface area contributed by atoms with Gasteiger partial charge < -0.3 is 15.3 Å². The molecule has 0 radical (unpaired) electrons. The summed E-state index contributed by atoms with van der Waals surface area (Å²) in [5, 5.41) is 11.9. The van der Waals surface area contributed by atoms with Gasteiger partial charge in [0.25, 0.3) is 5.91 Å². The number of hydrogen-bond donors (Lipinski definition) is 2. The number of carboxylic acid groups (broad SMARTS) is 1. The Bertz CT molecular complexity index is 618. The largest absolute Gasteiger partial charge is 0.477 e. The molecule has 1 aromatic rings. The van der Waals surface area contributed by atoms with Crippen LogP contribution in [0.5, 0.6) is 0 Å². The number of carbonyl (C=O) groups is 3. The van der Waals surface area contributed by atoms with Crippen LogP contribution < -0.4 is 5.32 Å². The van der Waals surface area contributed by atoms with Crippen LogP contribution in [-0.2, 0) is 4.79 Å². The topological polar surface area (TPSA) is 99.6 Å². The van der Waals surface area contributed by atoms with Gasteiger partial charge in [-0.2, -0.15) is 0 Å². The Morgan fingerprint density at radius 2 is 2.08 bits per heavy atom. The summed E-state index contributed by atoms with van der Waals surface area (Å²) in [6.45, 7) is 3.61. The van der Waals surface area contributed by atoms with Crippen molar-refractivity contribution < 1.29 is 19.5 Å². The Hall–Kier alpha value is -2.44. The van der Waals surface area contributed by atoms with E-state index in [1.807, 2.05) is 0 Å². The highest BCUT2D eigenvalue weighted by molar-refractivity contribution is 5.94. The Balaban J connectivity index is 2.01. The van der Waals surface area contributed by atoms with E-state index in [9.17, 15) is 14.4 Å². The predicted molar refractivity (Wildman–Crippen MR) is 87.7 cm³/mol. The average molecular weight is 333 g/mol. The minimum absolute atomic E-state index is 0.0202. The lowest BCUT2D eigenvalue weighted by atomic mass is 9.96. The van der Waals surface area contributed by atoms with Gasteiger partial charge in [-0.15, -0.1) is 0 Å². The third-order valence-corrected chi connectivity index (χ3v) is 4.10. The molecule has 0 spiro atoms. The van der Waals surface area contributed by atoms with Gasteiger partial charge in [0.05, 0.1) is 5.92 Å². The molecule has 0 aromatic carbocycles. The number of pyridine rings is 1. The van der Waals surface area contributed by atoms with Crippen LogP contribution >= 0.6 is 0 Å². The highest BCUT2D eigenvalue weighted by Crippen LogP contribution is 2.18. The fourth-order valence-electron chi connectivity index (χ4n) is 2.74. The van der Waals surface area contributed by atoms with Crippen LogP contribution in [0.15, 0.2) is 18.2 Å². The van der Waals surface area contributed by atoms with Gasteiger partial charge in [0, 0.05) is 19.6 Å². The standard InChI is InChI=1S/C17H23N3O4/c1-2-3-9-18-15(21)12-6-5-10-20(11-12)16(22)13-7-4-8-14(19-13)17(23)24/h4,7-8,12H,2-3,5-6,9-11H2,1H3,(H,18,21)(H,23,24). The van der Waals surface area contributed by atoms with Crippen molar-refractivity contribution in [3.8, 4) is 0 Å². The summed E-state index contributed by atoms with van der Waals surface area (Å²) < 4.78 is 0. The number of rotatable bonds is 6. The van der Waals surface area contributed by atoms with Crippen molar-refractivity contribution in [2.75, 3.05) is 19.6 Å². The molecule has 2 amide bonds. The monoisotopic (exact) mass is 333 g/mol. The molecular formula is C17H23N3O4. The number of piperidine rings is 1. The van der Waals surface area contributed by atoms with E-state index >= 15 is 0 Å². The summed E-state index contributed by atoms with van der Waals surface area (Å²) in [7, 11) is 0. The first-order chi connectivity index (χ1) is 11.5. The molecule has 1 saturated heterocycles. The molecule has 7 nitrogen and oxygen atoms in total. The van der Waals surface area contributed by atoms with Crippen molar-refractivity contribution >= 4 is 17.8 Å². The molecule has 1 unspecified atom stereocenters. The van der Waals surface area contributed by atoms with E-state index in [4.69, 9.17) is 5.11 Å². The molecule has 7 heteroatoms. The van der Waals surface area contributed by atoms with Gasteiger partial charge in [0.1, 0.15) is 11.4 Å². The van der Waals surface area contributed by atoms with Crippen molar-refractivity contribution in [1.82, 2.24) is 15.2 Å². The van der Waals surface area contributed by atoms with E-state index in [0.29, 0.717) is 19.6 Å². The summed E-state index contributed by atoms with van der Waals surface area (Å²) in [5.74, 6) is -1.74. The number of aromatic nitrogens is 1. The second-order valence-electron chi connectivity index (χ2n) is 5.95. The van der Waals surface area contributed by atoms with Crippen LogP contribution in [0.2, 0.25) is 0 Å². The van der Waals surface area contributed by atoms with Crippen molar-refractivity contribution in [2.45, 2.75) is 32.6 Å². The Morgan fingerprint density at radius 1 is 1.33 bits per heavy atom. The molecule has 1 aliphatic rings. The molecular weight excluding hydrogens is 310 g/mol. The first-order valence-corrected chi connectivity index (χ1v) is 8.30. The van der Waals surface area contributed by atoms with E-state index in [0.717, 1.165) is 25.7 Å². The smallest absolute Gasteiger partial charge is 0.354 e. The van der Waals surface area contributed by atoms with Gasteiger partial charge in [-0.05, 0) is 31.4 Å². The molecule has 0 bridgehead atoms. The van der Waals surface area contributed by atoms with Gasteiger partial charge in [0.2, 0.25) is 5.91 Å². The Morgan fingerprint density at radius 3 is 2.79 bits per heavy atom. The number of carbonyl (C=O) groups excluding carboxylic acids is 2. The van der Waals surface area contributed by atoms with Crippen LogP contribution in [0.4, 0.5) is 0 Å². The summed E-state index contributed by atoms with van der Waals surface area (Å²) in [4.78, 5) is 41.2. The second-order valence-corrected chi connectivity index (χ2v) is 5.95. The van der Waals surface area contributed by atoms with E-state index in [1.54, 1.807) is 4.90 Å². The molecule has 2 heterocycles. The number of nitrogens with zero attached hydrogens (tertiary/aromatic N) is 2. The maximum Gasteiger partial charge on any atom is 0.354 e. The minimum atomic E-state index is -1.17.